The van der Waals surface area contributed by atoms with E-state index in [0.29, 0.717) is 13.0 Å². The molecule has 0 heterocycles. The van der Waals surface area contributed by atoms with Crippen LogP contribution in [0, 0.1) is 17.1 Å². The standard InChI is InChI=1S/C21H26FN3O/c1-25(2)21(18-8-10-19(22)11-9-18)16-24-15-17-6-5-7-20(14-17)26-13-4-3-12-23/h5-11,14,21,24H,3-4,13,15-16H2,1-2H3. The third kappa shape index (κ3) is 6.47. The number of likely N-dealkylation sites (N-methyl/N-ethyl adjacent to an activating group) is 1. The van der Waals surface area contributed by atoms with Gasteiger partial charge in [-0.3, -0.25) is 0 Å². The van der Waals surface area contributed by atoms with E-state index < -0.39 is 0 Å². The van der Waals surface area contributed by atoms with E-state index in [1.54, 1.807) is 0 Å². The Kier molecular flexibility index (Phi) is 8.07. The molecule has 1 unspecified atom stereocenters. The summed E-state index contributed by atoms with van der Waals surface area (Å²) in [7, 11) is 4.04. The Morgan fingerprint density at radius 3 is 2.65 bits per heavy atom. The molecule has 2 aromatic carbocycles. The molecule has 0 aliphatic rings. The van der Waals surface area contributed by atoms with E-state index in [9.17, 15) is 4.39 Å². The van der Waals surface area contributed by atoms with Gasteiger partial charge < -0.3 is 15.0 Å². The van der Waals surface area contributed by atoms with Crippen molar-refractivity contribution in [1.29, 1.82) is 5.26 Å². The average Bonchev–Trinajstić information content (AvgIpc) is 2.63. The van der Waals surface area contributed by atoms with Crippen LogP contribution >= 0.6 is 0 Å². The van der Waals surface area contributed by atoms with Crippen molar-refractivity contribution in [2.45, 2.75) is 25.4 Å². The van der Waals surface area contributed by atoms with Crippen molar-refractivity contribution in [3.63, 3.8) is 0 Å². The van der Waals surface area contributed by atoms with Gasteiger partial charge in [0, 0.05) is 25.6 Å². The number of nitrogens with one attached hydrogen (secondary N) is 1. The topological polar surface area (TPSA) is 48.3 Å². The fourth-order valence-corrected chi connectivity index (χ4v) is 2.72. The summed E-state index contributed by atoms with van der Waals surface area (Å²) in [5.74, 6) is 0.607. The summed E-state index contributed by atoms with van der Waals surface area (Å²) in [6.45, 7) is 2.03. The van der Waals surface area contributed by atoms with Crippen LogP contribution in [0.5, 0.6) is 5.75 Å². The second-order valence-corrected chi connectivity index (χ2v) is 6.42. The van der Waals surface area contributed by atoms with Crippen molar-refractivity contribution < 1.29 is 9.13 Å². The lowest BCUT2D eigenvalue weighted by Crippen LogP contribution is -2.30. The molecule has 138 valence electrons. The molecule has 0 saturated carbocycles. The average molecular weight is 355 g/mol. The number of nitrogens with zero attached hydrogens (tertiary/aromatic N) is 2. The summed E-state index contributed by atoms with van der Waals surface area (Å²) >= 11 is 0. The SMILES string of the molecule is CN(C)C(CNCc1cccc(OCCCC#N)c1)c1ccc(F)cc1. The molecule has 2 aromatic rings. The molecular formula is C21H26FN3O. The smallest absolute Gasteiger partial charge is 0.123 e. The highest BCUT2D eigenvalue weighted by Gasteiger charge is 2.13. The lowest BCUT2D eigenvalue weighted by atomic mass is 10.1. The van der Waals surface area contributed by atoms with Crippen molar-refractivity contribution in [2.75, 3.05) is 27.2 Å². The van der Waals surface area contributed by atoms with E-state index in [4.69, 9.17) is 10.00 Å². The van der Waals surface area contributed by atoms with Gasteiger partial charge >= 0.3 is 0 Å². The molecule has 2 rings (SSSR count). The van der Waals surface area contributed by atoms with Gasteiger partial charge in [0.1, 0.15) is 11.6 Å². The van der Waals surface area contributed by atoms with Crippen LogP contribution in [0.4, 0.5) is 4.39 Å². The molecular weight excluding hydrogens is 329 g/mol. The minimum absolute atomic E-state index is 0.168. The minimum Gasteiger partial charge on any atom is -0.494 e. The van der Waals surface area contributed by atoms with Gasteiger partial charge in [0.2, 0.25) is 0 Å². The van der Waals surface area contributed by atoms with Crippen molar-refractivity contribution in [2.24, 2.45) is 0 Å². The van der Waals surface area contributed by atoms with Crippen LogP contribution in [0.25, 0.3) is 0 Å². The first-order chi connectivity index (χ1) is 12.6. The number of halogens is 1. The predicted octanol–water partition coefficient (Wildman–Crippen LogP) is 3.90. The molecule has 26 heavy (non-hydrogen) atoms. The van der Waals surface area contributed by atoms with E-state index in [1.165, 1.54) is 12.1 Å². The Hall–Kier alpha value is -2.42. The van der Waals surface area contributed by atoms with Gasteiger partial charge in [0.05, 0.1) is 12.7 Å². The first-order valence-corrected chi connectivity index (χ1v) is 8.81. The summed E-state index contributed by atoms with van der Waals surface area (Å²) in [6, 6.07) is 16.9. The van der Waals surface area contributed by atoms with E-state index in [0.717, 1.165) is 36.4 Å². The van der Waals surface area contributed by atoms with Crippen molar-refractivity contribution >= 4 is 0 Å². The van der Waals surface area contributed by atoms with Crippen LogP contribution in [-0.2, 0) is 6.54 Å². The van der Waals surface area contributed by atoms with E-state index >= 15 is 0 Å². The van der Waals surface area contributed by atoms with Crippen LogP contribution in [0.1, 0.15) is 30.0 Å². The van der Waals surface area contributed by atoms with Gasteiger partial charge in [-0.2, -0.15) is 5.26 Å². The van der Waals surface area contributed by atoms with E-state index in [2.05, 4.69) is 22.4 Å². The largest absolute Gasteiger partial charge is 0.494 e. The van der Waals surface area contributed by atoms with Gasteiger partial charge in [-0.15, -0.1) is 0 Å². The third-order valence-electron chi connectivity index (χ3n) is 4.15. The molecule has 0 spiro atoms. The Morgan fingerprint density at radius 1 is 1.19 bits per heavy atom. The number of nitriles is 1. The highest BCUT2D eigenvalue weighted by atomic mass is 19.1. The lowest BCUT2D eigenvalue weighted by Gasteiger charge is -2.25. The van der Waals surface area contributed by atoms with Crippen molar-refractivity contribution in [3.8, 4) is 11.8 Å². The molecule has 4 nitrogen and oxygen atoms in total. The quantitative estimate of drug-likeness (QED) is 0.657. The molecule has 0 radical (unpaired) electrons. The third-order valence-corrected chi connectivity index (χ3v) is 4.15. The fourth-order valence-electron chi connectivity index (χ4n) is 2.72. The normalized spacial score (nSPS) is 12.0. The van der Waals surface area contributed by atoms with Gasteiger partial charge in [-0.25, -0.2) is 4.39 Å². The zero-order valence-corrected chi connectivity index (χ0v) is 15.4. The molecule has 0 amide bonds. The second kappa shape index (κ2) is 10.5. The summed E-state index contributed by atoms with van der Waals surface area (Å²) in [4.78, 5) is 2.12. The van der Waals surface area contributed by atoms with Crippen LogP contribution < -0.4 is 10.1 Å². The maximum absolute atomic E-state index is 13.1. The molecule has 0 fully saturated rings. The van der Waals surface area contributed by atoms with Gasteiger partial charge in [-0.1, -0.05) is 24.3 Å². The molecule has 1 atom stereocenters. The monoisotopic (exact) mass is 355 g/mol. The van der Waals surface area contributed by atoms with E-state index in [-0.39, 0.29) is 11.9 Å². The highest BCUT2D eigenvalue weighted by Crippen LogP contribution is 2.18. The number of rotatable bonds is 10. The summed E-state index contributed by atoms with van der Waals surface area (Å²) in [6.07, 6.45) is 1.25. The number of hydrogen-bond donors (Lipinski definition) is 1. The molecule has 5 heteroatoms. The van der Waals surface area contributed by atoms with Crippen molar-refractivity contribution in [3.05, 3.63) is 65.5 Å². The van der Waals surface area contributed by atoms with Crippen LogP contribution in [0.2, 0.25) is 0 Å². The molecule has 1 N–H and O–H groups in total. The molecule has 0 aliphatic carbocycles. The van der Waals surface area contributed by atoms with E-state index in [1.807, 2.05) is 44.4 Å². The Bertz CT molecular complexity index is 710. The summed E-state index contributed by atoms with van der Waals surface area (Å²) in [5, 5.41) is 12.0. The Morgan fingerprint density at radius 2 is 1.96 bits per heavy atom. The number of hydrogen-bond acceptors (Lipinski definition) is 4. The molecule has 0 aromatic heterocycles. The van der Waals surface area contributed by atoms with Crippen LogP contribution in [0.15, 0.2) is 48.5 Å². The van der Waals surface area contributed by atoms with Crippen LogP contribution in [-0.4, -0.2) is 32.1 Å². The van der Waals surface area contributed by atoms with Gasteiger partial charge in [-0.05, 0) is 55.9 Å². The maximum atomic E-state index is 13.1. The first kappa shape index (κ1) is 19.9. The molecule has 0 saturated heterocycles. The van der Waals surface area contributed by atoms with Gasteiger partial charge in [0.15, 0.2) is 0 Å². The number of ether oxygens (including phenoxy) is 1. The number of benzene rings is 2. The predicted molar refractivity (Wildman–Crippen MR) is 101 cm³/mol. The van der Waals surface area contributed by atoms with Gasteiger partial charge in [0.25, 0.3) is 0 Å². The summed E-state index contributed by atoms with van der Waals surface area (Å²) < 4.78 is 18.8. The molecule has 0 bridgehead atoms. The fraction of sp³-hybridized carbons (Fsp3) is 0.381. The lowest BCUT2D eigenvalue weighted by molar-refractivity contribution is 0.288. The number of unbranched alkanes of at least 4 members (excludes halogenated alkanes) is 1. The zero-order valence-electron chi connectivity index (χ0n) is 15.4. The van der Waals surface area contributed by atoms with Crippen LogP contribution in [0.3, 0.4) is 0 Å². The maximum Gasteiger partial charge on any atom is 0.123 e. The summed E-state index contributed by atoms with van der Waals surface area (Å²) in [5.41, 5.74) is 2.22. The first-order valence-electron chi connectivity index (χ1n) is 8.81. The Balaban J connectivity index is 1.87. The Labute approximate surface area is 155 Å². The molecule has 0 aliphatic heterocycles. The zero-order chi connectivity index (χ0) is 18.8. The minimum atomic E-state index is -0.217. The highest BCUT2D eigenvalue weighted by molar-refractivity contribution is 5.28. The second-order valence-electron chi connectivity index (χ2n) is 6.42. The van der Waals surface area contributed by atoms with Crippen molar-refractivity contribution in [1.82, 2.24) is 10.2 Å².